The van der Waals surface area contributed by atoms with Crippen molar-refractivity contribution in [3.05, 3.63) is 59.2 Å². The molecule has 0 aromatic heterocycles. The molecule has 216 valence electrons. The quantitative estimate of drug-likeness (QED) is 0.437. The highest BCUT2D eigenvalue weighted by Crippen LogP contribution is 2.30. The minimum Gasteiger partial charge on any atom is -0.481 e. The lowest BCUT2D eigenvalue weighted by Gasteiger charge is -2.27. The van der Waals surface area contributed by atoms with Gasteiger partial charge in [-0.05, 0) is 42.5 Å². The summed E-state index contributed by atoms with van der Waals surface area (Å²) in [6.07, 6.45) is 0.344. The van der Waals surface area contributed by atoms with Gasteiger partial charge < -0.3 is 30.3 Å². The molecule has 3 N–H and O–H groups in total. The SMILES string of the molecule is COC(=O)N1CCCN(c2ccc(C(=O)NC(CC(=O)O)c3ccc(C)cc3)cc2NC(=O)CC(C)(C)C)CC1. The summed E-state index contributed by atoms with van der Waals surface area (Å²) in [6, 6.07) is 11.7. The van der Waals surface area contributed by atoms with Crippen LogP contribution in [0, 0.1) is 12.3 Å². The van der Waals surface area contributed by atoms with Crippen LogP contribution in [0.3, 0.4) is 0 Å². The number of hydrogen-bond donors (Lipinski definition) is 3. The summed E-state index contributed by atoms with van der Waals surface area (Å²) in [4.78, 5) is 53.6. The predicted molar refractivity (Wildman–Crippen MR) is 154 cm³/mol. The van der Waals surface area contributed by atoms with Gasteiger partial charge in [-0.1, -0.05) is 50.6 Å². The second-order valence-electron chi connectivity index (χ2n) is 11.3. The van der Waals surface area contributed by atoms with Gasteiger partial charge >= 0.3 is 12.1 Å². The van der Waals surface area contributed by atoms with E-state index in [1.54, 1.807) is 35.2 Å². The highest BCUT2D eigenvalue weighted by atomic mass is 16.5. The number of benzene rings is 2. The minimum atomic E-state index is -1.03. The first-order chi connectivity index (χ1) is 18.9. The second kappa shape index (κ2) is 13.3. The van der Waals surface area contributed by atoms with Crippen molar-refractivity contribution in [3.63, 3.8) is 0 Å². The molecular weight excluding hydrogens is 512 g/mol. The number of nitrogens with zero attached hydrogens (tertiary/aromatic N) is 2. The van der Waals surface area contributed by atoms with Crippen molar-refractivity contribution < 1.29 is 29.0 Å². The zero-order valence-corrected chi connectivity index (χ0v) is 24.0. The van der Waals surface area contributed by atoms with E-state index in [4.69, 9.17) is 4.74 Å². The number of carbonyl (C=O) groups excluding carboxylic acids is 3. The molecule has 40 heavy (non-hydrogen) atoms. The summed E-state index contributed by atoms with van der Waals surface area (Å²) in [7, 11) is 1.36. The maximum absolute atomic E-state index is 13.3. The number of aliphatic carboxylic acids is 1. The van der Waals surface area contributed by atoms with Gasteiger partial charge in [-0.15, -0.1) is 0 Å². The lowest BCUT2D eigenvalue weighted by molar-refractivity contribution is -0.137. The Labute approximate surface area is 235 Å². The summed E-state index contributed by atoms with van der Waals surface area (Å²) in [5, 5.41) is 15.3. The molecule has 2 aromatic carbocycles. The second-order valence-corrected chi connectivity index (χ2v) is 11.3. The summed E-state index contributed by atoms with van der Waals surface area (Å²) in [6.45, 7) is 10.0. The fraction of sp³-hybridized carbons (Fsp3) is 0.467. The molecule has 1 fully saturated rings. The van der Waals surface area contributed by atoms with Gasteiger partial charge in [0.1, 0.15) is 0 Å². The van der Waals surface area contributed by atoms with E-state index < -0.39 is 17.9 Å². The molecule has 1 heterocycles. The molecule has 3 amide bonds. The number of methoxy groups -OCH3 is 1. The highest BCUT2D eigenvalue weighted by molar-refractivity contribution is 6.00. The Morgan fingerprint density at radius 1 is 1.00 bits per heavy atom. The van der Waals surface area contributed by atoms with E-state index in [1.165, 1.54) is 7.11 Å². The standard InChI is InChI=1S/C30H40N4O6/c1-20-7-9-21(10-8-20)23(18-27(36)37)32-28(38)22-11-12-25(24(17-22)31-26(35)19-30(2,3)4)33-13-6-14-34(16-15-33)29(39)40-5/h7-12,17,23H,6,13-16,18-19H2,1-5H3,(H,31,35)(H,32,38)(H,36,37). The number of nitrogens with one attached hydrogen (secondary N) is 2. The normalized spacial score (nSPS) is 14.6. The summed E-state index contributed by atoms with van der Waals surface area (Å²) in [5.41, 5.74) is 3.00. The number of aryl methyl sites for hydroxylation is 1. The van der Waals surface area contributed by atoms with Crippen LogP contribution in [0.2, 0.25) is 0 Å². The van der Waals surface area contributed by atoms with Gasteiger partial charge in [0.2, 0.25) is 5.91 Å². The Kier molecular flexibility index (Phi) is 10.1. The molecule has 1 aliphatic rings. The fourth-order valence-corrected chi connectivity index (χ4v) is 4.67. The topological polar surface area (TPSA) is 128 Å². The monoisotopic (exact) mass is 552 g/mol. The van der Waals surface area contributed by atoms with Crippen molar-refractivity contribution in [2.45, 2.75) is 53.0 Å². The van der Waals surface area contributed by atoms with Crippen LogP contribution < -0.4 is 15.5 Å². The van der Waals surface area contributed by atoms with Gasteiger partial charge in [0.05, 0.1) is 30.9 Å². The van der Waals surface area contributed by atoms with Crippen molar-refractivity contribution in [2.75, 3.05) is 43.5 Å². The molecule has 1 saturated heterocycles. The Morgan fingerprint density at radius 3 is 2.33 bits per heavy atom. The first kappa shape index (κ1) is 30.5. The molecule has 2 aromatic rings. The zero-order chi connectivity index (χ0) is 29.4. The van der Waals surface area contributed by atoms with Gasteiger partial charge in [-0.25, -0.2) is 4.79 Å². The molecule has 0 radical (unpaired) electrons. The Hall–Kier alpha value is -4.08. The smallest absolute Gasteiger partial charge is 0.409 e. The summed E-state index contributed by atoms with van der Waals surface area (Å²) < 4.78 is 4.87. The zero-order valence-electron chi connectivity index (χ0n) is 24.0. The molecule has 0 spiro atoms. The minimum absolute atomic E-state index is 0.180. The van der Waals surface area contributed by atoms with Gasteiger partial charge in [0, 0.05) is 38.2 Å². The predicted octanol–water partition coefficient (Wildman–Crippen LogP) is 4.59. The molecule has 0 bridgehead atoms. The number of ether oxygens (including phenoxy) is 1. The molecule has 3 rings (SSSR count). The van der Waals surface area contributed by atoms with E-state index in [0.717, 1.165) is 11.3 Å². The van der Waals surface area contributed by atoms with Crippen LogP contribution in [0.1, 0.15) is 67.6 Å². The van der Waals surface area contributed by atoms with E-state index in [1.807, 2.05) is 39.8 Å². The van der Waals surface area contributed by atoms with Gasteiger partial charge in [-0.2, -0.15) is 0 Å². The van der Waals surface area contributed by atoms with Crippen molar-refractivity contribution in [1.82, 2.24) is 10.2 Å². The first-order valence-corrected chi connectivity index (χ1v) is 13.5. The van der Waals surface area contributed by atoms with Crippen molar-refractivity contribution in [3.8, 4) is 0 Å². The van der Waals surface area contributed by atoms with Gasteiger partial charge in [0.25, 0.3) is 5.91 Å². The van der Waals surface area contributed by atoms with E-state index in [2.05, 4.69) is 15.5 Å². The van der Waals surface area contributed by atoms with Gasteiger partial charge in [-0.3, -0.25) is 14.4 Å². The third-order valence-electron chi connectivity index (χ3n) is 6.66. The third kappa shape index (κ3) is 8.72. The van der Waals surface area contributed by atoms with E-state index in [0.29, 0.717) is 49.4 Å². The number of carboxylic acids is 1. The third-order valence-corrected chi connectivity index (χ3v) is 6.66. The average molecular weight is 553 g/mol. The Morgan fingerprint density at radius 2 is 1.70 bits per heavy atom. The molecule has 1 unspecified atom stereocenters. The number of carbonyl (C=O) groups is 4. The van der Waals surface area contributed by atoms with Crippen LogP contribution in [0.15, 0.2) is 42.5 Å². The van der Waals surface area contributed by atoms with Crippen LogP contribution >= 0.6 is 0 Å². The molecule has 1 aliphatic heterocycles. The molecule has 0 aliphatic carbocycles. The number of rotatable bonds is 8. The largest absolute Gasteiger partial charge is 0.481 e. The maximum Gasteiger partial charge on any atom is 0.409 e. The van der Waals surface area contributed by atoms with Crippen LogP contribution in [0.5, 0.6) is 0 Å². The van der Waals surface area contributed by atoms with Crippen LogP contribution in [0.25, 0.3) is 0 Å². The van der Waals surface area contributed by atoms with Crippen molar-refractivity contribution >= 4 is 35.3 Å². The van der Waals surface area contributed by atoms with E-state index >= 15 is 0 Å². The molecule has 0 saturated carbocycles. The molecule has 10 heteroatoms. The van der Waals surface area contributed by atoms with Crippen LogP contribution in [0.4, 0.5) is 16.2 Å². The van der Waals surface area contributed by atoms with E-state index in [-0.39, 0.29) is 30.3 Å². The van der Waals surface area contributed by atoms with Crippen molar-refractivity contribution in [1.29, 1.82) is 0 Å². The fourth-order valence-electron chi connectivity index (χ4n) is 4.67. The summed E-state index contributed by atoms with van der Waals surface area (Å²) >= 11 is 0. The Bertz CT molecular complexity index is 1220. The van der Waals surface area contributed by atoms with E-state index in [9.17, 15) is 24.3 Å². The first-order valence-electron chi connectivity index (χ1n) is 13.5. The molecular formula is C30H40N4O6. The molecule has 1 atom stereocenters. The van der Waals surface area contributed by atoms with Gasteiger partial charge in [0.15, 0.2) is 0 Å². The average Bonchev–Trinajstić information content (AvgIpc) is 3.13. The van der Waals surface area contributed by atoms with Crippen LogP contribution in [-0.4, -0.2) is 67.2 Å². The number of carboxylic acid groups (broad SMARTS) is 1. The molecule has 10 nitrogen and oxygen atoms in total. The number of anilines is 2. The van der Waals surface area contributed by atoms with Crippen molar-refractivity contribution in [2.24, 2.45) is 5.41 Å². The lowest BCUT2D eigenvalue weighted by Crippen LogP contribution is -2.35. The number of amides is 3. The summed E-state index contributed by atoms with van der Waals surface area (Å²) in [5.74, 6) is -1.66. The Balaban J connectivity index is 1.90. The number of hydrogen-bond acceptors (Lipinski definition) is 6. The lowest BCUT2D eigenvalue weighted by atomic mass is 9.92. The van der Waals surface area contributed by atoms with Crippen LogP contribution in [-0.2, 0) is 14.3 Å². The highest BCUT2D eigenvalue weighted by Gasteiger charge is 2.25. The maximum atomic E-state index is 13.3.